The van der Waals surface area contributed by atoms with Gasteiger partial charge in [-0.1, -0.05) is 6.92 Å². The maximum atomic E-state index is 11.8. The number of hydrogen-bond donors (Lipinski definition) is 1. The largest absolute Gasteiger partial charge is 0.469 e. The summed E-state index contributed by atoms with van der Waals surface area (Å²) in [6.07, 6.45) is 2.93. The van der Waals surface area contributed by atoms with Crippen molar-refractivity contribution in [1.82, 2.24) is 10.2 Å². The molecular formula is C12H22N2O3. The van der Waals surface area contributed by atoms with E-state index in [0.29, 0.717) is 6.54 Å². The predicted octanol–water partition coefficient (Wildman–Crippen LogP) is 0.396. The summed E-state index contributed by atoms with van der Waals surface area (Å²) < 4.78 is 4.69. The highest BCUT2D eigenvalue weighted by molar-refractivity contribution is 5.82. The molecule has 1 heterocycles. The average Bonchev–Trinajstić information content (AvgIpc) is 2.52. The van der Waals surface area contributed by atoms with Crippen molar-refractivity contribution in [1.29, 1.82) is 0 Å². The first-order valence-corrected chi connectivity index (χ1v) is 6.12. The van der Waals surface area contributed by atoms with Crippen LogP contribution in [-0.4, -0.2) is 50.1 Å². The minimum absolute atomic E-state index is 0.0714. The molecule has 1 fully saturated rings. The van der Waals surface area contributed by atoms with Gasteiger partial charge in [-0.3, -0.25) is 14.5 Å². The molecule has 0 radical (unpaired) electrons. The fourth-order valence-electron chi connectivity index (χ4n) is 2.18. The van der Waals surface area contributed by atoms with Gasteiger partial charge in [0.15, 0.2) is 0 Å². The lowest BCUT2D eigenvalue weighted by Gasteiger charge is -2.27. The van der Waals surface area contributed by atoms with Crippen molar-refractivity contribution < 1.29 is 14.3 Å². The molecule has 0 aromatic rings. The Morgan fingerprint density at radius 3 is 2.94 bits per heavy atom. The Morgan fingerprint density at radius 1 is 1.59 bits per heavy atom. The smallest absolute Gasteiger partial charge is 0.309 e. The topological polar surface area (TPSA) is 58.6 Å². The molecule has 0 saturated carbocycles. The summed E-state index contributed by atoms with van der Waals surface area (Å²) in [5, 5.41) is 2.90. The van der Waals surface area contributed by atoms with Gasteiger partial charge in [0.05, 0.1) is 19.1 Å². The van der Waals surface area contributed by atoms with E-state index in [1.165, 1.54) is 7.11 Å². The molecule has 1 rings (SSSR count). The van der Waals surface area contributed by atoms with Gasteiger partial charge in [-0.05, 0) is 26.3 Å². The zero-order chi connectivity index (χ0) is 12.8. The number of hydrogen-bond acceptors (Lipinski definition) is 4. The highest BCUT2D eigenvalue weighted by Gasteiger charge is 2.27. The third kappa shape index (κ3) is 4.00. The molecule has 17 heavy (non-hydrogen) atoms. The summed E-state index contributed by atoms with van der Waals surface area (Å²) in [4.78, 5) is 25.1. The molecule has 0 aromatic carbocycles. The van der Waals surface area contributed by atoms with Gasteiger partial charge in [0, 0.05) is 13.1 Å². The highest BCUT2D eigenvalue weighted by Crippen LogP contribution is 2.13. The van der Waals surface area contributed by atoms with Crippen LogP contribution >= 0.6 is 0 Å². The van der Waals surface area contributed by atoms with E-state index < -0.39 is 0 Å². The third-order valence-corrected chi connectivity index (χ3v) is 3.20. The second-order valence-corrected chi connectivity index (χ2v) is 4.67. The monoisotopic (exact) mass is 242 g/mol. The van der Waals surface area contributed by atoms with E-state index in [-0.39, 0.29) is 23.8 Å². The zero-order valence-corrected chi connectivity index (χ0v) is 10.9. The van der Waals surface area contributed by atoms with E-state index in [1.54, 1.807) is 0 Å². The van der Waals surface area contributed by atoms with Gasteiger partial charge >= 0.3 is 5.97 Å². The summed E-state index contributed by atoms with van der Waals surface area (Å²) in [6, 6.07) is -0.121. The Bertz CT molecular complexity index is 281. The Morgan fingerprint density at radius 2 is 2.29 bits per heavy atom. The normalized spacial score (nSPS) is 22.8. The Hall–Kier alpha value is -1.10. The first-order chi connectivity index (χ1) is 8.06. The van der Waals surface area contributed by atoms with Gasteiger partial charge in [0.25, 0.3) is 0 Å². The number of nitrogens with one attached hydrogen (secondary N) is 1. The van der Waals surface area contributed by atoms with Crippen molar-refractivity contribution in [3.63, 3.8) is 0 Å². The number of esters is 1. The number of rotatable bonds is 4. The van der Waals surface area contributed by atoms with Gasteiger partial charge in [-0.15, -0.1) is 0 Å². The van der Waals surface area contributed by atoms with Crippen molar-refractivity contribution >= 4 is 11.9 Å². The van der Waals surface area contributed by atoms with Gasteiger partial charge in [-0.25, -0.2) is 0 Å². The summed E-state index contributed by atoms with van der Waals surface area (Å²) in [7, 11) is 3.27. The van der Waals surface area contributed by atoms with Crippen molar-refractivity contribution in [2.45, 2.75) is 32.2 Å². The van der Waals surface area contributed by atoms with Crippen LogP contribution in [0.2, 0.25) is 0 Å². The molecule has 0 aromatic heterocycles. The summed E-state index contributed by atoms with van der Waals surface area (Å²) in [5.41, 5.74) is 0. The maximum absolute atomic E-state index is 11.8. The van der Waals surface area contributed by atoms with Crippen LogP contribution in [0, 0.1) is 5.92 Å². The van der Waals surface area contributed by atoms with Crippen molar-refractivity contribution in [2.24, 2.45) is 5.92 Å². The van der Waals surface area contributed by atoms with Crippen LogP contribution in [0.15, 0.2) is 0 Å². The number of methoxy groups -OCH3 is 1. The molecule has 0 bridgehead atoms. The molecule has 0 spiro atoms. The van der Waals surface area contributed by atoms with Gasteiger partial charge in [0.1, 0.15) is 0 Å². The standard InChI is InChI=1S/C12H22N2O3/c1-9(12(16)17-3)8-14(2)10-6-4-5-7-13-11(10)15/h9-10H,4-8H2,1-3H3,(H,13,15). The molecule has 0 aliphatic carbocycles. The second-order valence-electron chi connectivity index (χ2n) is 4.67. The van der Waals surface area contributed by atoms with Crippen molar-refractivity contribution in [2.75, 3.05) is 27.2 Å². The predicted molar refractivity (Wildman–Crippen MR) is 64.5 cm³/mol. The summed E-state index contributed by atoms with van der Waals surface area (Å²) in [6.45, 7) is 3.12. The molecular weight excluding hydrogens is 220 g/mol. The number of carbonyl (C=O) groups excluding carboxylic acids is 2. The number of likely N-dealkylation sites (N-methyl/N-ethyl adjacent to an activating group) is 1. The Labute approximate surface area is 102 Å². The molecule has 2 unspecified atom stereocenters. The molecule has 1 aliphatic heterocycles. The van der Waals surface area contributed by atoms with E-state index in [1.807, 2.05) is 18.9 Å². The lowest BCUT2D eigenvalue weighted by molar-refractivity contribution is -0.146. The fourth-order valence-corrected chi connectivity index (χ4v) is 2.18. The van der Waals surface area contributed by atoms with Crippen LogP contribution in [0.1, 0.15) is 26.2 Å². The minimum Gasteiger partial charge on any atom is -0.469 e. The molecule has 1 aliphatic rings. The van der Waals surface area contributed by atoms with Crippen LogP contribution in [0.25, 0.3) is 0 Å². The van der Waals surface area contributed by atoms with Crippen LogP contribution in [-0.2, 0) is 14.3 Å². The number of nitrogens with zero attached hydrogens (tertiary/aromatic N) is 1. The summed E-state index contributed by atoms with van der Waals surface area (Å²) >= 11 is 0. The SMILES string of the molecule is COC(=O)C(C)CN(C)C1CCCCNC1=O. The number of ether oxygens (including phenoxy) is 1. The fraction of sp³-hybridized carbons (Fsp3) is 0.833. The van der Waals surface area contributed by atoms with Gasteiger partial charge in [-0.2, -0.15) is 0 Å². The molecule has 2 atom stereocenters. The van der Waals surface area contributed by atoms with E-state index >= 15 is 0 Å². The van der Waals surface area contributed by atoms with E-state index in [4.69, 9.17) is 0 Å². The first kappa shape index (κ1) is 14.0. The second kappa shape index (κ2) is 6.59. The molecule has 98 valence electrons. The van der Waals surface area contributed by atoms with Crippen molar-refractivity contribution in [3.05, 3.63) is 0 Å². The van der Waals surface area contributed by atoms with Crippen LogP contribution in [0.5, 0.6) is 0 Å². The van der Waals surface area contributed by atoms with Crippen LogP contribution in [0.3, 0.4) is 0 Å². The van der Waals surface area contributed by atoms with E-state index in [9.17, 15) is 9.59 Å². The molecule has 1 saturated heterocycles. The number of carbonyl (C=O) groups is 2. The average molecular weight is 242 g/mol. The first-order valence-electron chi connectivity index (χ1n) is 6.12. The molecule has 1 amide bonds. The third-order valence-electron chi connectivity index (χ3n) is 3.20. The zero-order valence-electron chi connectivity index (χ0n) is 10.9. The lowest BCUT2D eigenvalue weighted by Crippen LogP contribution is -2.46. The van der Waals surface area contributed by atoms with Crippen LogP contribution in [0.4, 0.5) is 0 Å². The quantitative estimate of drug-likeness (QED) is 0.725. The molecule has 5 heteroatoms. The Kier molecular flexibility index (Phi) is 5.41. The number of amides is 1. The molecule has 1 N–H and O–H groups in total. The Balaban J connectivity index is 2.52. The molecule has 5 nitrogen and oxygen atoms in total. The highest BCUT2D eigenvalue weighted by atomic mass is 16.5. The van der Waals surface area contributed by atoms with Crippen molar-refractivity contribution in [3.8, 4) is 0 Å². The maximum Gasteiger partial charge on any atom is 0.309 e. The lowest BCUT2D eigenvalue weighted by atomic mass is 10.1. The minimum atomic E-state index is -0.231. The van der Waals surface area contributed by atoms with Gasteiger partial charge in [0.2, 0.25) is 5.91 Å². The van der Waals surface area contributed by atoms with E-state index in [0.717, 1.165) is 25.8 Å². The van der Waals surface area contributed by atoms with Gasteiger partial charge < -0.3 is 10.1 Å². The van der Waals surface area contributed by atoms with E-state index in [2.05, 4.69) is 10.1 Å². The van der Waals surface area contributed by atoms with Crippen LogP contribution < -0.4 is 5.32 Å². The summed E-state index contributed by atoms with van der Waals surface area (Å²) in [5.74, 6) is -0.367.